The lowest BCUT2D eigenvalue weighted by atomic mass is 9.87. The van der Waals surface area contributed by atoms with E-state index in [1.807, 2.05) is 0 Å². The number of thiophene rings is 1. The van der Waals surface area contributed by atoms with Crippen molar-refractivity contribution in [2.45, 2.75) is 37.4 Å². The minimum Gasteiger partial charge on any atom is -0.480 e. The van der Waals surface area contributed by atoms with Gasteiger partial charge in [0.05, 0.1) is 0 Å². The first-order valence-corrected chi connectivity index (χ1v) is 8.22. The molecule has 0 amide bonds. The minimum absolute atomic E-state index is 0.0203. The van der Waals surface area contributed by atoms with Gasteiger partial charge in [-0.2, -0.15) is 4.72 Å². The molecule has 6 nitrogen and oxygen atoms in total. The lowest BCUT2D eigenvalue weighted by molar-refractivity contribution is -0.141. The summed E-state index contributed by atoms with van der Waals surface area (Å²) in [5, 5.41) is 10.6. The second-order valence-corrected chi connectivity index (χ2v) is 8.21. The molecule has 2 N–H and O–H groups in total. The van der Waals surface area contributed by atoms with Crippen molar-refractivity contribution in [1.82, 2.24) is 4.72 Å². The van der Waals surface area contributed by atoms with Crippen molar-refractivity contribution in [3.8, 4) is 0 Å². The largest absolute Gasteiger partial charge is 0.480 e. The standard InChI is InChI=1S/C12H17NO5S2/c1-12(2,3)9(14)7-8(11(15)16)13-20(17,18)10-5-4-6-19-10/h4-6,8,13H,7H2,1-3H3,(H,15,16). The molecular weight excluding hydrogens is 302 g/mol. The van der Waals surface area contributed by atoms with Gasteiger partial charge in [0.25, 0.3) is 10.0 Å². The Kier molecular flexibility index (Phi) is 5.06. The Balaban J connectivity index is 2.90. The molecule has 1 heterocycles. The molecule has 1 atom stereocenters. The van der Waals surface area contributed by atoms with Gasteiger partial charge in [-0.25, -0.2) is 8.42 Å². The van der Waals surface area contributed by atoms with E-state index in [0.717, 1.165) is 11.3 Å². The summed E-state index contributed by atoms with van der Waals surface area (Å²) in [6, 6.07) is 1.46. The summed E-state index contributed by atoms with van der Waals surface area (Å²) in [7, 11) is -3.92. The van der Waals surface area contributed by atoms with E-state index in [1.54, 1.807) is 32.2 Å². The number of ketones is 1. The van der Waals surface area contributed by atoms with Crippen molar-refractivity contribution in [2.75, 3.05) is 0 Å². The minimum atomic E-state index is -3.92. The van der Waals surface area contributed by atoms with Crippen molar-refractivity contribution in [2.24, 2.45) is 5.41 Å². The van der Waals surface area contributed by atoms with Crippen molar-refractivity contribution >= 4 is 33.1 Å². The number of rotatable bonds is 6. The van der Waals surface area contributed by atoms with E-state index in [1.165, 1.54) is 6.07 Å². The molecule has 1 unspecified atom stereocenters. The number of sulfonamides is 1. The van der Waals surface area contributed by atoms with Gasteiger partial charge in [-0.1, -0.05) is 26.8 Å². The number of hydrogen-bond acceptors (Lipinski definition) is 5. The molecule has 0 aliphatic rings. The molecule has 0 aromatic carbocycles. The highest BCUT2D eigenvalue weighted by Crippen LogP contribution is 2.20. The van der Waals surface area contributed by atoms with Crippen LogP contribution >= 0.6 is 11.3 Å². The molecule has 0 saturated heterocycles. The number of carboxylic acids is 1. The van der Waals surface area contributed by atoms with Crippen LogP contribution in [0.5, 0.6) is 0 Å². The van der Waals surface area contributed by atoms with Crippen LogP contribution in [0.25, 0.3) is 0 Å². The predicted octanol–water partition coefficient (Wildman–Crippen LogP) is 1.48. The third-order valence-corrected chi connectivity index (χ3v) is 5.45. The molecule has 0 fully saturated rings. The van der Waals surface area contributed by atoms with Gasteiger partial charge < -0.3 is 5.11 Å². The van der Waals surface area contributed by atoms with Crippen LogP contribution in [-0.4, -0.2) is 31.3 Å². The summed E-state index contributed by atoms with van der Waals surface area (Å²) in [5.74, 6) is -1.69. The zero-order chi connectivity index (χ0) is 15.6. The van der Waals surface area contributed by atoms with E-state index in [2.05, 4.69) is 4.72 Å². The average molecular weight is 319 g/mol. The second-order valence-electron chi connectivity index (χ2n) is 5.32. The van der Waals surface area contributed by atoms with Crippen LogP contribution in [0.3, 0.4) is 0 Å². The number of carbonyl (C=O) groups is 2. The fourth-order valence-corrected chi connectivity index (χ4v) is 3.53. The number of hydrogen-bond donors (Lipinski definition) is 2. The lowest BCUT2D eigenvalue weighted by Gasteiger charge is -2.20. The maximum Gasteiger partial charge on any atom is 0.322 e. The Morgan fingerprint density at radius 2 is 2.00 bits per heavy atom. The van der Waals surface area contributed by atoms with Gasteiger partial charge in [-0.3, -0.25) is 9.59 Å². The van der Waals surface area contributed by atoms with E-state index in [4.69, 9.17) is 5.11 Å². The van der Waals surface area contributed by atoms with Gasteiger partial charge in [-0.15, -0.1) is 11.3 Å². The van der Waals surface area contributed by atoms with E-state index in [9.17, 15) is 18.0 Å². The van der Waals surface area contributed by atoms with E-state index < -0.39 is 27.4 Å². The molecular formula is C12H17NO5S2. The molecule has 20 heavy (non-hydrogen) atoms. The van der Waals surface area contributed by atoms with Crippen molar-refractivity contribution in [3.63, 3.8) is 0 Å². The van der Waals surface area contributed by atoms with Crippen molar-refractivity contribution < 1.29 is 23.1 Å². The van der Waals surface area contributed by atoms with Crippen LogP contribution in [0.15, 0.2) is 21.7 Å². The van der Waals surface area contributed by atoms with Crippen LogP contribution in [0.4, 0.5) is 0 Å². The molecule has 1 rings (SSSR count). The molecule has 112 valence electrons. The molecule has 0 spiro atoms. The first kappa shape index (κ1) is 16.8. The highest BCUT2D eigenvalue weighted by molar-refractivity contribution is 7.91. The number of aliphatic carboxylic acids is 1. The van der Waals surface area contributed by atoms with Gasteiger partial charge in [0.2, 0.25) is 0 Å². The van der Waals surface area contributed by atoms with Crippen LogP contribution in [-0.2, 0) is 19.6 Å². The summed E-state index contributed by atoms with van der Waals surface area (Å²) in [4.78, 5) is 23.0. The maximum absolute atomic E-state index is 12.0. The molecule has 0 aliphatic heterocycles. The highest BCUT2D eigenvalue weighted by atomic mass is 32.2. The zero-order valence-corrected chi connectivity index (χ0v) is 13.0. The third kappa shape index (κ3) is 4.39. The number of carboxylic acid groups (broad SMARTS) is 1. The summed E-state index contributed by atoms with van der Waals surface area (Å²) in [5.41, 5.74) is -0.720. The van der Waals surface area contributed by atoms with Crippen LogP contribution in [0, 0.1) is 5.41 Å². The number of Topliss-reactive ketones (excluding diaryl/α,β-unsaturated/α-hetero) is 1. The first-order chi connectivity index (χ1) is 9.04. The molecule has 0 saturated carbocycles. The zero-order valence-electron chi connectivity index (χ0n) is 11.4. The summed E-state index contributed by atoms with van der Waals surface area (Å²) >= 11 is 0.980. The van der Waals surface area contributed by atoms with E-state index in [0.29, 0.717) is 0 Å². The fourth-order valence-electron chi connectivity index (χ4n) is 1.33. The third-order valence-electron chi connectivity index (χ3n) is 2.58. The number of nitrogens with one attached hydrogen (secondary N) is 1. The van der Waals surface area contributed by atoms with Crippen LogP contribution in [0.1, 0.15) is 27.2 Å². The van der Waals surface area contributed by atoms with Crippen molar-refractivity contribution in [3.05, 3.63) is 17.5 Å². The summed E-state index contributed by atoms with van der Waals surface area (Å²) in [6.45, 7) is 4.96. The monoisotopic (exact) mass is 319 g/mol. The average Bonchev–Trinajstić information content (AvgIpc) is 2.80. The molecule has 8 heteroatoms. The van der Waals surface area contributed by atoms with E-state index >= 15 is 0 Å². The summed E-state index contributed by atoms with van der Waals surface area (Å²) < 4.78 is 26.0. The normalized spacial score (nSPS) is 13.9. The van der Waals surface area contributed by atoms with Gasteiger partial charge >= 0.3 is 5.97 Å². The predicted molar refractivity (Wildman–Crippen MR) is 75.1 cm³/mol. The highest BCUT2D eigenvalue weighted by Gasteiger charge is 2.31. The van der Waals surface area contributed by atoms with E-state index in [-0.39, 0.29) is 16.4 Å². The Morgan fingerprint density at radius 3 is 2.40 bits per heavy atom. The Labute approximate surface area is 121 Å². The number of carbonyl (C=O) groups excluding carboxylic acids is 1. The molecule has 1 aromatic heterocycles. The van der Waals surface area contributed by atoms with Crippen molar-refractivity contribution in [1.29, 1.82) is 0 Å². The lowest BCUT2D eigenvalue weighted by Crippen LogP contribution is -2.43. The summed E-state index contributed by atoms with van der Waals surface area (Å²) in [6.07, 6.45) is -0.385. The Morgan fingerprint density at radius 1 is 1.40 bits per heavy atom. The van der Waals surface area contributed by atoms with Gasteiger partial charge in [-0.05, 0) is 11.4 Å². The van der Waals surface area contributed by atoms with Gasteiger partial charge in [0.15, 0.2) is 0 Å². The smallest absolute Gasteiger partial charge is 0.322 e. The fraction of sp³-hybridized carbons (Fsp3) is 0.500. The van der Waals surface area contributed by atoms with Crippen LogP contribution in [0.2, 0.25) is 0 Å². The Bertz CT molecular complexity index is 584. The first-order valence-electron chi connectivity index (χ1n) is 5.86. The van der Waals surface area contributed by atoms with Gasteiger partial charge in [0, 0.05) is 11.8 Å². The molecule has 0 bridgehead atoms. The molecule has 0 radical (unpaired) electrons. The second kappa shape index (κ2) is 6.02. The maximum atomic E-state index is 12.0. The Hall–Kier alpha value is -1.25. The van der Waals surface area contributed by atoms with Crippen LogP contribution < -0.4 is 4.72 Å². The SMILES string of the molecule is CC(C)(C)C(=O)CC(NS(=O)(=O)c1cccs1)C(=O)O. The molecule has 1 aromatic rings. The quantitative estimate of drug-likeness (QED) is 0.827. The van der Waals surface area contributed by atoms with Gasteiger partial charge in [0.1, 0.15) is 16.0 Å². The molecule has 0 aliphatic carbocycles. The topological polar surface area (TPSA) is 101 Å².